The molecule has 0 aliphatic heterocycles. The number of halogens is 2. The first-order valence-corrected chi connectivity index (χ1v) is 17.4. The minimum absolute atomic E-state index is 0.00579. The van der Waals surface area contributed by atoms with Gasteiger partial charge in [0.25, 0.3) is 0 Å². The number of hydrogen-bond acceptors (Lipinski definition) is 6. The Kier molecular flexibility index (Phi) is 11.5. The maximum atomic E-state index is 14.5. The number of carboxylic acid groups (broad SMARTS) is 1. The summed E-state index contributed by atoms with van der Waals surface area (Å²) in [6.07, 6.45) is 0.589. The summed E-state index contributed by atoms with van der Waals surface area (Å²) in [5.41, 5.74) is 7.42. The average molecular weight is 729 g/mol. The van der Waals surface area contributed by atoms with Gasteiger partial charge < -0.3 is 35.9 Å². The lowest BCUT2D eigenvalue weighted by atomic mass is 9.78. The lowest BCUT2D eigenvalue weighted by molar-refractivity contribution is -0.142. The van der Waals surface area contributed by atoms with Crippen molar-refractivity contribution in [3.8, 4) is 5.75 Å². The maximum Gasteiger partial charge on any atom is 0.524 e. The number of H-pyrrole nitrogens is 1. The molecular formula is C30H36Cl2N5O8PS. The molecule has 3 atom stereocenters. The van der Waals surface area contributed by atoms with Gasteiger partial charge in [-0.2, -0.15) is 0 Å². The molecule has 4 rings (SSSR count). The molecule has 1 heterocycles. The number of nitrogens with one attached hydrogen (secondary N) is 3. The molecule has 0 saturated heterocycles. The Morgan fingerprint density at radius 3 is 2.47 bits per heavy atom. The second-order valence-electron chi connectivity index (χ2n) is 11.5. The molecule has 254 valence electrons. The number of phosphoric ester groups is 1. The van der Waals surface area contributed by atoms with Crippen molar-refractivity contribution in [2.45, 2.75) is 69.5 Å². The van der Waals surface area contributed by atoms with E-state index in [1.807, 2.05) is 6.92 Å². The molecule has 0 radical (unpaired) electrons. The minimum Gasteiger partial charge on any atom is -0.465 e. The highest BCUT2D eigenvalue weighted by molar-refractivity contribution is 7.80. The van der Waals surface area contributed by atoms with Crippen LogP contribution in [0.4, 0.5) is 4.79 Å². The van der Waals surface area contributed by atoms with Gasteiger partial charge in [-0.25, -0.2) is 9.36 Å². The van der Waals surface area contributed by atoms with E-state index in [4.69, 9.17) is 50.9 Å². The highest BCUT2D eigenvalue weighted by Crippen LogP contribution is 2.39. The molecule has 8 N–H and O–H groups in total. The third kappa shape index (κ3) is 8.75. The molecule has 1 aliphatic carbocycles. The van der Waals surface area contributed by atoms with Crippen LogP contribution in [0.3, 0.4) is 0 Å². The van der Waals surface area contributed by atoms with Crippen LogP contribution in [0.2, 0.25) is 10.0 Å². The van der Waals surface area contributed by atoms with E-state index in [2.05, 4.69) is 20.1 Å². The van der Waals surface area contributed by atoms with Crippen LogP contribution in [0.1, 0.15) is 49.4 Å². The number of hydrogen-bond donors (Lipinski definition) is 7. The van der Waals surface area contributed by atoms with Crippen LogP contribution < -0.4 is 20.9 Å². The fourth-order valence-electron chi connectivity index (χ4n) is 6.00. The Labute approximate surface area is 286 Å². The molecule has 17 heteroatoms. The molecular weight excluding hydrogens is 692 g/mol. The first-order chi connectivity index (χ1) is 22.0. The van der Waals surface area contributed by atoms with Gasteiger partial charge in [0.2, 0.25) is 11.8 Å². The van der Waals surface area contributed by atoms with Crippen LogP contribution in [0, 0.1) is 0 Å². The number of thiocarbonyl (C=S) groups is 1. The number of rotatable bonds is 13. The zero-order chi connectivity index (χ0) is 34.7. The second-order valence-corrected chi connectivity index (χ2v) is 14.0. The van der Waals surface area contributed by atoms with E-state index in [0.717, 1.165) is 11.3 Å². The number of aryl methyl sites for hydroxylation is 2. The summed E-state index contributed by atoms with van der Waals surface area (Å²) in [5, 5.41) is 16.3. The number of fused-ring (bicyclic) bond motifs is 3. The quantitative estimate of drug-likeness (QED) is 0.0971. The van der Waals surface area contributed by atoms with Gasteiger partial charge >= 0.3 is 13.9 Å². The van der Waals surface area contributed by atoms with Crippen LogP contribution in [-0.4, -0.2) is 72.3 Å². The molecule has 3 aromatic rings. The van der Waals surface area contributed by atoms with Gasteiger partial charge in [0, 0.05) is 29.6 Å². The Bertz CT molecular complexity index is 1730. The SMILES string of the molecule is CCCC(C(N)=S)N(C)C(=O)C1(NC(=O)[C@H](CCc2ccc(OP(=O)(O)O)cc2)NC(=O)O)CCc2[nH]c3c(Cl)cc(Cl)cc3c2C1. The fourth-order valence-corrected chi connectivity index (χ4v) is 7.21. The molecule has 47 heavy (non-hydrogen) atoms. The molecule has 0 saturated carbocycles. The third-order valence-corrected chi connectivity index (χ3v) is 9.47. The normalized spacial score (nSPS) is 17.3. The number of carbonyl (C=O) groups is 3. The van der Waals surface area contributed by atoms with Gasteiger partial charge in [0.15, 0.2) is 0 Å². The van der Waals surface area contributed by atoms with Crippen molar-refractivity contribution >= 4 is 77.0 Å². The summed E-state index contributed by atoms with van der Waals surface area (Å²) in [7, 11) is -3.16. The molecule has 2 unspecified atom stereocenters. The number of carbonyl (C=O) groups excluding carboxylic acids is 2. The number of nitrogens with zero attached hydrogens (tertiary/aromatic N) is 1. The lowest BCUT2D eigenvalue weighted by Gasteiger charge is -2.42. The predicted octanol–water partition coefficient (Wildman–Crippen LogP) is 4.47. The van der Waals surface area contributed by atoms with Crippen molar-refractivity contribution in [1.29, 1.82) is 0 Å². The number of phosphoric acid groups is 1. The zero-order valence-electron chi connectivity index (χ0n) is 25.6. The molecule has 3 amide bonds. The number of likely N-dealkylation sites (N-methyl/N-ethyl adjacent to an activating group) is 1. The van der Waals surface area contributed by atoms with E-state index in [1.54, 1.807) is 31.3 Å². The van der Waals surface area contributed by atoms with Gasteiger partial charge in [-0.1, -0.05) is 60.9 Å². The zero-order valence-corrected chi connectivity index (χ0v) is 28.8. The van der Waals surface area contributed by atoms with Gasteiger partial charge in [0.05, 0.1) is 21.6 Å². The van der Waals surface area contributed by atoms with E-state index in [0.29, 0.717) is 45.8 Å². The van der Waals surface area contributed by atoms with Crippen LogP contribution in [0.5, 0.6) is 5.75 Å². The highest BCUT2D eigenvalue weighted by atomic mass is 35.5. The molecule has 13 nitrogen and oxygen atoms in total. The molecule has 2 aromatic carbocycles. The van der Waals surface area contributed by atoms with Crippen molar-refractivity contribution in [2.75, 3.05) is 7.05 Å². The Balaban J connectivity index is 1.67. The Morgan fingerprint density at radius 2 is 1.87 bits per heavy atom. The first kappa shape index (κ1) is 36.4. The first-order valence-electron chi connectivity index (χ1n) is 14.7. The summed E-state index contributed by atoms with van der Waals surface area (Å²) in [6, 6.07) is 7.31. The van der Waals surface area contributed by atoms with Crippen LogP contribution >= 0.6 is 43.2 Å². The summed E-state index contributed by atoms with van der Waals surface area (Å²) in [4.78, 5) is 63.1. The van der Waals surface area contributed by atoms with E-state index < -0.39 is 43.4 Å². The third-order valence-electron chi connectivity index (χ3n) is 8.23. The summed E-state index contributed by atoms with van der Waals surface area (Å²) in [5.74, 6) is -1.20. The predicted molar refractivity (Wildman–Crippen MR) is 182 cm³/mol. The van der Waals surface area contributed by atoms with Crippen molar-refractivity contribution < 1.29 is 38.4 Å². The van der Waals surface area contributed by atoms with E-state index >= 15 is 0 Å². The number of benzene rings is 2. The van der Waals surface area contributed by atoms with Gasteiger partial charge in [-0.15, -0.1) is 0 Å². The van der Waals surface area contributed by atoms with E-state index in [1.165, 1.54) is 17.0 Å². The number of nitrogens with two attached hydrogens (primary N) is 1. The Morgan fingerprint density at radius 1 is 1.19 bits per heavy atom. The number of aromatic nitrogens is 1. The minimum atomic E-state index is -4.74. The molecule has 0 fully saturated rings. The fraction of sp³-hybridized carbons (Fsp3) is 0.400. The Hall–Kier alpha value is -3.39. The summed E-state index contributed by atoms with van der Waals surface area (Å²) >= 11 is 18.1. The lowest BCUT2D eigenvalue weighted by Crippen LogP contribution is -2.66. The number of aromatic amines is 1. The molecule has 1 aromatic heterocycles. The summed E-state index contributed by atoms with van der Waals surface area (Å²) in [6.45, 7) is 1.94. The van der Waals surface area contributed by atoms with Crippen LogP contribution in [0.25, 0.3) is 10.9 Å². The van der Waals surface area contributed by atoms with Crippen LogP contribution in [0.15, 0.2) is 36.4 Å². The van der Waals surface area contributed by atoms with Gasteiger partial charge in [-0.05, 0) is 67.5 Å². The van der Waals surface area contributed by atoms with E-state index in [9.17, 15) is 24.1 Å². The average Bonchev–Trinajstić information content (AvgIpc) is 3.34. The van der Waals surface area contributed by atoms with Crippen LogP contribution in [-0.2, 0) is 33.4 Å². The van der Waals surface area contributed by atoms with Crippen molar-refractivity contribution in [2.24, 2.45) is 5.73 Å². The van der Waals surface area contributed by atoms with Gasteiger partial charge in [0.1, 0.15) is 17.3 Å². The molecule has 0 bridgehead atoms. The van der Waals surface area contributed by atoms with Crippen molar-refractivity contribution in [3.05, 3.63) is 63.3 Å². The number of amides is 3. The maximum absolute atomic E-state index is 14.5. The largest absolute Gasteiger partial charge is 0.524 e. The van der Waals surface area contributed by atoms with Gasteiger partial charge in [-0.3, -0.25) is 19.4 Å². The topological polar surface area (TPSA) is 207 Å². The van der Waals surface area contributed by atoms with Crippen molar-refractivity contribution in [1.82, 2.24) is 20.5 Å². The van der Waals surface area contributed by atoms with E-state index in [-0.39, 0.29) is 36.4 Å². The summed E-state index contributed by atoms with van der Waals surface area (Å²) < 4.78 is 15.7. The second kappa shape index (κ2) is 14.8. The van der Waals surface area contributed by atoms with Crippen molar-refractivity contribution in [3.63, 3.8) is 0 Å². The smallest absolute Gasteiger partial charge is 0.465 e. The monoisotopic (exact) mass is 727 g/mol. The molecule has 1 aliphatic rings. The highest BCUT2D eigenvalue weighted by Gasteiger charge is 2.47. The molecule has 0 spiro atoms. The standard InChI is InChI=1S/C30H36Cl2N5O8PS/c1-3-4-24(26(33)47)37(2)28(39)30(12-11-22-20(15-30)19-13-17(31)14-21(32)25(19)34-22)36-27(38)23(35-29(40)41)10-7-16-5-8-18(9-6-16)45-46(42,43)44/h5-6,8-9,13-14,23-24,34-35H,3-4,7,10-12,15H2,1-2H3,(H2,33,47)(H,36,38)(H,40,41)(H2,42,43,44)/t23-,24?,30?/m0/s1.